The first-order valence-electron chi connectivity index (χ1n) is 5.61. The molecule has 0 N–H and O–H groups in total. The Morgan fingerprint density at radius 2 is 1.09 bits per heavy atom. The zero-order valence-corrected chi connectivity index (χ0v) is 12.7. The second-order valence-corrected chi connectivity index (χ2v) is 9.19. The lowest BCUT2D eigenvalue weighted by Crippen LogP contribution is -2.47. The van der Waals surface area contributed by atoms with Crippen LogP contribution in [0.3, 0.4) is 0 Å². The van der Waals surface area contributed by atoms with Crippen molar-refractivity contribution in [1.82, 2.24) is 8.61 Å². The summed E-state index contributed by atoms with van der Waals surface area (Å²) in [5.74, 6) is 0. The van der Waals surface area contributed by atoms with Gasteiger partial charge in [-0.3, -0.25) is 0 Å². The van der Waals surface area contributed by atoms with Crippen molar-refractivity contribution in [3.05, 3.63) is 0 Å². The van der Waals surface area contributed by atoms with Crippen LogP contribution in [0.15, 0.2) is 0 Å². The van der Waals surface area contributed by atoms with Gasteiger partial charge in [0, 0.05) is 13.1 Å². The Morgan fingerprint density at radius 1 is 0.773 bits per heavy atom. The maximum atomic E-state index is 12.6. The molecule has 2 fully saturated rings. The van der Waals surface area contributed by atoms with Gasteiger partial charge in [0.1, 0.15) is 0 Å². The highest BCUT2D eigenvalue weighted by atomic mass is 32.2. The van der Waals surface area contributed by atoms with E-state index in [0.717, 1.165) is 13.8 Å². The maximum absolute atomic E-state index is 12.6. The van der Waals surface area contributed by atoms with Gasteiger partial charge in [0.05, 0.1) is 11.1 Å². The van der Waals surface area contributed by atoms with Crippen molar-refractivity contribution in [2.45, 2.75) is 35.9 Å². The minimum absolute atomic E-state index is 0.0232. The molecule has 0 spiro atoms. The van der Waals surface area contributed by atoms with E-state index < -0.39 is 55.2 Å². The van der Waals surface area contributed by atoms with Crippen LogP contribution in [0.5, 0.6) is 0 Å². The number of piperazine rings is 1. The fraction of sp³-hybridized carbons (Fsp3) is 1.00. The molecule has 22 heavy (non-hydrogen) atoms. The van der Waals surface area contributed by atoms with Gasteiger partial charge in [0.2, 0.25) is 0 Å². The number of hydrogen-bond donors (Lipinski definition) is 0. The molecule has 6 nitrogen and oxygen atoms in total. The highest BCUT2D eigenvalue weighted by Crippen LogP contribution is 2.61. The average molecular weight is 376 g/mol. The zero-order chi connectivity index (χ0) is 17.6. The lowest BCUT2D eigenvalue weighted by molar-refractivity contribution is -0.0508. The van der Waals surface area contributed by atoms with E-state index in [-0.39, 0.29) is 8.61 Å². The molecule has 0 radical (unpaired) electrons. The summed E-state index contributed by atoms with van der Waals surface area (Å²) in [6.45, 7) is -0.0499. The molecule has 0 aliphatic carbocycles. The molecule has 0 bridgehead atoms. The third-order valence-electron chi connectivity index (χ3n) is 4.14. The van der Waals surface area contributed by atoms with E-state index >= 15 is 0 Å². The van der Waals surface area contributed by atoms with E-state index in [1.165, 1.54) is 0 Å². The highest BCUT2D eigenvalue weighted by molar-refractivity contribution is 7.90. The van der Waals surface area contributed by atoms with Crippen molar-refractivity contribution < 1.29 is 43.2 Å². The van der Waals surface area contributed by atoms with Gasteiger partial charge in [-0.15, -0.1) is 0 Å². The van der Waals surface area contributed by atoms with Crippen LogP contribution in [0.1, 0.15) is 13.8 Å². The number of rotatable bonds is 2. The van der Waals surface area contributed by atoms with Gasteiger partial charge >= 0.3 is 31.1 Å². The Kier molecular flexibility index (Phi) is 3.29. The summed E-state index contributed by atoms with van der Waals surface area (Å²) in [5, 5.41) is 0. The van der Waals surface area contributed by atoms with Gasteiger partial charge in [0.25, 0.3) is 0 Å². The molecule has 2 aliphatic rings. The van der Waals surface area contributed by atoms with Crippen LogP contribution >= 0.6 is 0 Å². The molecular formula is C8H10F6N2O4S2. The van der Waals surface area contributed by atoms with Crippen molar-refractivity contribution >= 4 is 20.0 Å². The summed E-state index contributed by atoms with van der Waals surface area (Å²) in [6.07, 6.45) is 0. The Hall–Kier alpha value is -0.600. The lowest BCUT2D eigenvalue weighted by Gasteiger charge is -2.25. The third kappa shape index (κ3) is 1.93. The largest absolute Gasteiger partial charge is 0.511 e. The first-order valence-corrected chi connectivity index (χ1v) is 8.49. The molecule has 0 aromatic carbocycles. The summed E-state index contributed by atoms with van der Waals surface area (Å²) in [6, 6.07) is 0. The summed E-state index contributed by atoms with van der Waals surface area (Å²) >= 11 is 0. The predicted molar refractivity (Wildman–Crippen MR) is 60.2 cm³/mol. The third-order valence-corrected chi connectivity index (χ3v) is 7.54. The molecule has 0 amide bonds. The fourth-order valence-electron chi connectivity index (χ4n) is 2.86. The molecule has 2 saturated heterocycles. The standard InChI is InChI=1S/C8H10F6N2O4S2/c1-5-3-15(21(17,18)7(9,10)11)4-6(5,2)16(5)22(19,20)8(12,13)14/h3-4H2,1-2H3. The van der Waals surface area contributed by atoms with Crippen LogP contribution in [0.2, 0.25) is 0 Å². The van der Waals surface area contributed by atoms with Gasteiger partial charge in [-0.1, -0.05) is 0 Å². The number of sulfonamides is 2. The van der Waals surface area contributed by atoms with Crippen LogP contribution in [-0.4, -0.2) is 60.6 Å². The predicted octanol–water partition coefficient (Wildman–Crippen LogP) is 0.834. The number of fused-ring (bicyclic) bond motifs is 1. The Bertz CT molecular complexity index is 696. The Morgan fingerprint density at radius 3 is 1.36 bits per heavy atom. The average Bonchev–Trinajstić information content (AvgIpc) is 2.56. The maximum Gasteiger partial charge on any atom is 0.511 e. The minimum atomic E-state index is -5.75. The quantitative estimate of drug-likeness (QED) is 0.529. The van der Waals surface area contributed by atoms with E-state index in [1.807, 2.05) is 0 Å². The first kappa shape index (κ1) is 17.7. The van der Waals surface area contributed by atoms with E-state index in [1.54, 1.807) is 0 Å². The van der Waals surface area contributed by atoms with E-state index in [0.29, 0.717) is 0 Å². The molecule has 2 aliphatic heterocycles. The zero-order valence-electron chi connectivity index (χ0n) is 11.0. The minimum Gasteiger partial charge on any atom is -0.203 e. The van der Waals surface area contributed by atoms with Crippen molar-refractivity contribution in [3.8, 4) is 0 Å². The highest BCUT2D eigenvalue weighted by Gasteiger charge is 2.83. The molecule has 130 valence electrons. The van der Waals surface area contributed by atoms with Crippen LogP contribution in [-0.2, 0) is 20.0 Å². The normalized spacial score (nSPS) is 37.2. The summed E-state index contributed by atoms with van der Waals surface area (Å²) in [7, 11) is -11.5. The number of hydrogen-bond acceptors (Lipinski definition) is 4. The summed E-state index contributed by atoms with van der Waals surface area (Å²) in [4.78, 5) is 0. The molecule has 14 heteroatoms. The van der Waals surface area contributed by atoms with Gasteiger partial charge < -0.3 is 0 Å². The second-order valence-electron chi connectivity index (χ2n) is 5.48. The molecule has 0 aromatic rings. The molecule has 0 aromatic heterocycles. The summed E-state index contributed by atoms with van der Waals surface area (Å²) in [5.41, 5.74) is -15.0. The second kappa shape index (κ2) is 4.08. The van der Waals surface area contributed by atoms with Crippen molar-refractivity contribution in [3.63, 3.8) is 0 Å². The summed E-state index contributed by atoms with van der Waals surface area (Å²) < 4.78 is 120. The molecule has 2 unspecified atom stereocenters. The molecule has 2 heterocycles. The molecule has 0 saturated carbocycles. The van der Waals surface area contributed by atoms with Crippen molar-refractivity contribution in [2.75, 3.05) is 13.1 Å². The topological polar surface area (TPSA) is 74.5 Å². The monoisotopic (exact) mass is 376 g/mol. The smallest absolute Gasteiger partial charge is 0.203 e. The number of alkyl halides is 6. The van der Waals surface area contributed by atoms with Gasteiger partial charge in [-0.05, 0) is 13.8 Å². The Labute approximate surface area is 121 Å². The molecule has 2 rings (SSSR count). The van der Waals surface area contributed by atoms with Gasteiger partial charge in [0.15, 0.2) is 0 Å². The van der Waals surface area contributed by atoms with E-state index in [2.05, 4.69) is 0 Å². The molecule has 2 atom stereocenters. The first-order chi connectivity index (χ1) is 9.43. The lowest BCUT2D eigenvalue weighted by atomic mass is 10.0. The van der Waals surface area contributed by atoms with Crippen LogP contribution < -0.4 is 0 Å². The van der Waals surface area contributed by atoms with E-state index in [9.17, 15) is 43.2 Å². The fourth-order valence-corrected chi connectivity index (χ4v) is 5.73. The Balaban J connectivity index is 2.36. The van der Waals surface area contributed by atoms with E-state index in [4.69, 9.17) is 0 Å². The van der Waals surface area contributed by atoms with Crippen LogP contribution in [0, 0.1) is 0 Å². The molecular weight excluding hydrogens is 366 g/mol. The van der Waals surface area contributed by atoms with Gasteiger partial charge in [-0.25, -0.2) is 16.8 Å². The van der Waals surface area contributed by atoms with Crippen molar-refractivity contribution in [1.29, 1.82) is 0 Å². The van der Waals surface area contributed by atoms with Crippen molar-refractivity contribution in [2.24, 2.45) is 0 Å². The van der Waals surface area contributed by atoms with Gasteiger partial charge in [-0.2, -0.15) is 35.0 Å². The van der Waals surface area contributed by atoms with Crippen LogP contribution in [0.4, 0.5) is 26.3 Å². The number of halogens is 6. The van der Waals surface area contributed by atoms with Crippen LogP contribution in [0.25, 0.3) is 0 Å². The SMILES string of the molecule is CC12CN(S(=O)(=O)C(F)(F)F)CC1(C)N2S(=O)(=O)C(F)(F)F. The number of nitrogens with zero attached hydrogens (tertiary/aromatic N) is 2.